The van der Waals surface area contributed by atoms with E-state index in [4.69, 9.17) is 0 Å². The molecule has 1 saturated heterocycles. The third-order valence-electron chi connectivity index (χ3n) is 5.47. The number of hydrogen-bond acceptors (Lipinski definition) is 5. The number of non-ortho nitro benzene ring substituents is 1. The van der Waals surface area contributed by atoms with Crippen molar-refractivity contribution in [3.05, 3.63) is 58.3 Å². The Kier molecular flexibility index (Phi) is 4.51. The Morgan fingerprint density at radius 2 is 2.07 bits per heavy atom. The smallest absolute Gasteiger partial charge is 0.295 e. The monoisotopic (exact) mass is 365 g/mol. The average Bonchev–Trinajstić information content (AvgIpc) is 3.05. The SMILES string of the molecule is Cc1cc(N2CCC(Cc3nccn3C)CC2)c2cccc([N+](=O)[O-])c2n1. The second-order valence-electron chi connectivity index (χ2n) is 7.30. The van der Waals surface area contributed by atoms with E-state index >= 15 is 0 Å². The highest BCUT2D eigenvalue weighted by molar-refractivity contribution is 5.97. The van der Waals surface area contributed by atoms with Crippen LogP contribution in [0.3, 0.4) is 0 Å². The number of piperidine rings is 1. The lowest BCUT2D eigenvalue weighted by Gasteiger charge is -2.34. The van der Waals surface area contributed by atoms with Crippen molar-refractivity contribution in [2.24, 2.45) is 13.0 Å². The first-order valence-corrected chi connectivity index (χ1v) is 9.29. The molecule has 7 heteroatoms. The fourth-order valence-corrected chi connectivity index (χ4v) is 3.98. The zero-order valence-electron chi connectivity index (χ0n) is 15.6. The summed E-state index contributed by atoms with van der Waals surface area (Å²) in [5.41, 5.74) is 2.41. The van der Waals surface area contributed by atoms with Crippen LogP contribution in [0, 0.1) is 23.0 Å². The topological polar surface area (TPSA) is 77.1 Å². The van der Waals surface area contributed by atoms with E-state index in [0.29, 0.717) is 11.4 Å². The molecule has 1 aliphatic rings. The molecule has 0 radical (unpaired) electrons. The van der Waals surface area contributed by atoms with Crippen LogP contribution in [-0.2, 0) is 13.5 Å². The summed E-state index contributed by atoms with van der Waals surface area (Å²) >= 11 is 0. The molecule has 7 nitrogen and oxygen atoms in total. The van der Waals surface area contributed by atoms with Crippen molar-refractivity contribution in [1.29, 1.82) is 0 Å². The molecule has 4 rings (SSSR count). The van der Waals surface area contributed by atoms with E-state index in [9.17, 15) is 10.1 Å². The largest absolute Gasteiger partial charge is 0.371 e. The number of aryl methyl sites for hydroxylation is 2. The van der Waals surface area contributed by atoms with Crippen LogP contribution >= 0.6 is 0 Å². The van der Waals surface area contributed by atoms with Crippen molar-refractivity contribution >= 4 is 22.3 Å². The van der Waals surface area contributed by atoms with E-state index in [2.05, 4.69) is 19.4 Å². The summed E-state index contributed by atoms with van der Waals surface area (Å²) < 4.78 is 2.09. The highest BCUT2D eigenvalue weighted by atomic mass is 16.6. The van der Waals surface area contributed by atoms with Crippen molar-refractivity contribution < 1.29 is 4.92 Å². The molecule has 0 N–H and O–H groups in total. The number of hydrogen-bond donors (Lipinski definition) is 0. The Labute approximate surface area is 157 Å². The summed E-state index contributed by atoms with van der Waals surface area (Å²) in [7, 11) is 2.04. The second-order valence-corrected chi connectivity index (χ2v) is 7.30. The molecule has 2 aromatic heterocycles. The van der Waals surface area contributed by atoms with Crippen molar-refractivity contribution in [3.8, 4) is 0 Å². The van der Waals surface area contributed by atoms with Gasteiger partial charge in [-0.3, -0.25) is 10.1 Å². The molecule has 0 saturated carbocycles. The number of anilines is 1. The molecule has 140 valence electrons. The predicted octanol–water partition coefficient (Wildman–Crippen LogP) is 3.64. The van der Waals surface area contributed by atoms with Gasteiger partial charge >= 0.3 is 0 Å². The highest BCUT2D eigenvalue weighted by Gasteiger charge is 2.24. The maximum absolute atomic E-state index is 11.4. The summed E-state index contributed by atoms with van der Waals surface area (Å²) in [6.07, 6.45) is 7.01. The van der Waals surface area contributed by atoms with Gasteiger partial charge in [0.15, 0.2) is 5.52 Å². The molecular formula is C20H23N5O2. The zero-order valence-corrected chi connectivity index (χ0v) is 15.6. The van der Waals surface area contributed by atoms with Gasteiger partial charge in [0.25, 0.3) is 5.69 Å². The molecule has 0 bridgehead atoms. The molecule has 0 unspecified atom stereocenters. The summed E-state index contributed by atoms with van der Waals surface area (Å²) in [5.74, 6) is 1.75. The van der Waals surface area contributed by atoms with Gasteiger partial charge in [0.2, 0.25) is 0 Å². The van der Waals surface area contributed by atoms with Gasteiger partial charge < -0.3 is 9.47 Å². The Bertz CT molecular complexity index is 989. The predicted molar refractivity (Wildman–Crippen MR) is 105 cm³/mol. The molecule has 1 aromatic carbocycles. The molecule has 3 aromatic rings. The lowest BCUT2D eigenvalue weighted by Crippen LogP contribution is -2.34. The van der Waals surface area contributed by atoms with Crippen molar-refractivity contribution in [2.45, 2.75) is 26.2 Å². The summed E-state index contributed by atoms with van der Waals surface area (Å²) in [6, 6.07) is 7.25. The van der Waals surface area contributed by atoms with Crippen molar-refractivity contribution in [2.75, 3.05) is 18.0 Å². The van der Waals surface area contributed by atoms with E-state index in [1.54, 1.807) is 6.07 Å². The first-order chi connectivity index (χ1) is 13.0. The number of nitrogens with zero attached hydrogens (tertiary/aromatic N) is 5. The molecule has 1 aliphatic heterocycles. The fraction of sp³-hybridized carbons (Fsp3) is 0.400. The molecule has 3 heterocycles. The number of nitro benzene ring substituents is 1. The first kappa shape index (κ1) is 17.5. The molecule has 27 heavy (non-hydrogen) atoms. The molecule has 0 amide bonds. The Morgan fingerprint density at radius 3 is 2.74 bits per heavy atom. The van der Waals surface area contributed by atoms with Crippen LogP contribution in [0.15, 0.2) is 36.7 Å². The van der Waals surface area contributed by atoms with Crippen LogP contribution in [0.5, 0.6) is 0 Å². The first-order valence-electron chi connectivity index (χ1n) is 9.29. The van der Waals surface area contributed by atoms with Crippen LogP contribution < -0.4 is 4.90 Å². The number of aromatic nitrogens is 3. The van der Waals surface area contributed by atoms with Gasteiger partial charge in [0.05, 0.1) is 4.92 Å². The number of imidazole rings is 1. The van der Waals surface area contributed by atoms with E-state index in [1.165, 1.54) is 6.07 Å². The van der Waals surface area contributed by atoms with Crippen LogP contribution in [0.4, 0.5) is 11.4 Å². The number of nitro groups is 1. The van der Waals surface area contributed by atoms with Gasteiger partial charge in [0.1, 0.15) is 5.82 Å². The average molecular weight is 365 g/mol. The molecular weight excluding hydrogens is 342 g/mol. The minimum absolute atomic E-state index is 0.0714. The van der Waals surface area contributed by atoms with E-state index in [1.807, 2.05) is 38.5 Å². The zero-order chi connectivity index (χ0) is 19.0. The van der Waals surface area contributed by atoms with Gasteiger partial charge in [-0.15, -0.1) is 0 Å². The number of pyridine rings is 1. The highest BCUT2D eigenvalue weighted by Crippen LogP contribution is 2.34. The molecule has 1 fully saturated rings. The third kappa shape index (κ3) is 3.37. The van der Waals surface area contributed by atoms with Crippen LogP contribution in [0.25, 0.3) is 10.9 Å². The van der Waals surface area contributed by atoms with Gasteiger partial charge in [-0.05, 0) is 31.7 Å². The minimum Gasteiger partial charge on any atom is -0.371 e. The van der Waals surface area contributed by atoms with E-state index in [0.717, 1.165) is 54.9 Å². The van der Waals surface area contributed by atoms with Crippen LogP contribution in [0.2, 0.25) is 0 Å². The van der Waals surface area contributed by atoms with Gasteiger partial charge in [0, 0.05) is 61.8 Å². The van der Waals surface area contributed by atoms with Crippen molar-refractivity contribution in [1.82, 2.24) is 14.5 Å². The number of fused-ring (bicyclic) bond motifs is 1. The summed E-state index contributed by atoms with van der Waals surface area (Å²) in [5, 5.41) is 12.2. The fourth-order valence-electron chi connectivity index (χ4n) is 3.98. The van der Waals surface area contributed by atoms with Gasteiger partial charge in [-0.2, -0.15) is 0 Å². The number of para-hydroxylation sites is 1. The Balaban J connectivity index is 1.58. The van der Waals surface area contributed by atoms with Crippen molar-refractivity contribution in [3.63, 3.8) is 0 Å². The maximum atomic E-state index is 11.4. The van der Waals surface area contributed by atoms with Gasteiger partial charge in [-0.1, -0.05) is 12.1 Å². The maximum Gasteiger partial charge on any atom is 0.295 e. The van der Waals surface area contributed by atoms with E-state index in [-0.39, 0.29) is 10.6 Å². The molecule has 0 atom stereocenters. The number of rotatable bonds is 4. The standard InChI is InChI=1S/C20H23N5O2/c1-14-12-18(16-4-3-5-17(25(26)27)20(16)22-14)24-9-6-15(7-10-24)13-19-21-8-11-23(19)2/h3-5,8,11-12,15H,6-7,9-10,13H2,1-2H3. The Hall–Kier alpha value is -2.96. The lowest BCUT2D eigenvalue weighted by atomic mass is 9.92. The third-order valence-corrected chi connectivity index (χ3v) is 5.47. The van der Waals surface area contributed by atoms with Gasteiger partial charge in [-0.25, -0.2) is 9.97 Å². The van der Waals surface area contributed by atoms with E-state index < -0.39 is 0 Å². The van der Waals surface area contributed by atoms with Crippen LogP contribution in [-0.4, -0.2) is 32.5 Å². The quantitative estimate of drug-likeness (QED) is 0.521. The normalized spacial score (nSPS) is 15.4. The summed E-state index contributed by atoms with van der Waals surface area (Å²) in [4.78, 5) is 22.3. The molecule has 0 spiro atoms. The second kappa shape index (κ2) is 6.98. The lowest BCUT2D eigenvalue weighted by molar-refractivity contribution is -0.383. The minimum atomic E-state index is -0.350. The van der Waals surface area contributed by atoms with Crippen LogP contribution in [0.1, 0.15) is 24.4 Å². The Morgan fingerprint density at radius 1 is 1.30 bits per heavy atom. The number of benzene rings is 1. The summed E-state index contributed by atoms with van der Waals surface area (Å²) in [6.45, 7) is 3.78. The molecule has 0 aliphatic carbocycles.